The second kappa shape index (κ2) is 11.6. The maximum absolute atomic E-state index is 11.9. The Bertz CT molecular complexity index is 447. The minimum atomic E-state index is -3.87. The molecule has 1 atom stereocenters. The number of terminal acetylenes is 3. The maximum atomic E-state index is 11.9. The van der Waals surface area contributed by atoms with Crippen molar-refractivity contribution in [2.24, 2.45) is 0 Å². The quantitative estimate of drug-likeness (QED) is 0.326. The molecule has 0 aliphatic heterocycles. The SMILES string of the molecule is C#CCO[P+](=O)OCCOP(=O)(OCC#C)OCC#C. The normalized spacial score (nSPS) is 11.2. The van der Waals surface area contributed by atoms with Crippen LogP contribution in [0.3, 0.4) is 0 Å². The molecule has 7 nitrogen and oxygen atoms in total. The molecule has 0 heterocycles. The van der Waals surface area contributed by atoms with Gasteiger partial charge in [0.25, 0.3) is 0 Å². The van der Waals surface area contributed by atoms with Gasteiger partial charge < -0.3 is 0 Å². The van der Waals surface area contributed by atoms with E-state index >= 15 is 0 Å². The first kappa shape index (κ1) is 18.8. The average Bonchev–Trinajstić information content (AvgIpc) is 2.45. The van der Waals surface area contributed by atoms with E-state index in [1.54, 1.807) is 0 Å². The largest absolute Gasteiger partial charge is 0.698 e. The van der Waals surface area contributed by atoms with Crippen molar-refractivity contribution in [1.82, 2.24) is 0 Å². The van der Waals surface area contributed by atoms with Gasteiger partial charge >= 0.3 is 16.1 Å². The molecule has 0 aliphatic rings. The zero-order valence-electron chi connectivity index (χ0n) is 10.5. The van der Waals surface area contributed by atoms with Gasteiger partial charge in [-0.1, -0.05) is 17.8 Å². The van der Waals surface area contributed by atoms with E-state index in [-0.39, 0.29) is 33.0 Å². The van der Waals surface area contributed by atoms with Crippen LogP contribution < -0.4 is 0 Å². The van der Waals surface area contributed by atoms with E-state index in [0.717, 1.165) is 0 Å². The van der Waals surface area contributed by atoms with Gasteiger partial charge in [-0.25, -0.2) is 4.57 Å². The predicted molar refractivity (Wildman–Crippen MR) is 71.5 cm³/mol. The molecule has 0 aliphatic carbocycles. The van der Waals surface area contributed by atoms with Crippen molar-refractivity contribution in [3.8, 4) is 37.0 Å². The van der Waals surface area contributed by atoms with Crippen LogP contribution in [-0.4, -0.2) is 33.0 Å². The molecular weight excluding hydrogens is 306 g/mol. The summed E-state index contributed by atoms with van der Waals surface area (Å²) >= 11 is 0. The maximum Gasteiger partial charge on any atom is 0.698 e. The molecule has 0 aromatic heterocycles. The van der Waals surface area contributed by atoms with Gasteiger partial charge in [0.15, 0.2) is 6.61 Å². The van der Waals surface area contributed by atoms with Crippen LogP contribution in [0.5, 0.6) is 0 Å². The number of hydrogen-bond acceptors (Lipinski definition) is 7. The highest BCUT2D eigenvalue weighted by Gasteiger charge is 2.27. The number of phosphoric acid groups is 1. The number of phosphoric ester groups is 1. The average molecular weight is 319 g/mol. The summed E-state index contributed by atoms with van der Waals surface area (Å²) in [5, 5.41) is 0. The van der Waals surface area contributed by atoms with Crippen molar-refractivity contribution >= 4 is 16.1 Å². The summed E-state index contributed by atoms with van der Waals surface area (Å²) in [6.07, 6.45) is 14.8. The monoisotopic (exact) mass is 319 g/mol. The molecule has 0 rings (SSSR count). The van der Waals surface area contributed by atoms with Crippen LogP contribution in [0.1, 0.15) is 0 Å². The van der Waals surface area contributed by atoms with Crippen LogP contribution in [0.4, 0.5) is 0 Å². The van der Waals surface area contributed by atoms with Crippen molar-refractivity contribution < 1.29 is 31.7 Å². The predicted octanol–water partition coefficient (Wildman–Crippen LogP) is 1.73. The van der Waals surface area contributed by atoms with Crippen molar-refractivity contribution in [2.45, 2.75) is 0 Å². The van der Waals surface area contributed by atoms with Crippen LogP contribution >= 0.6 is 16.1 Å². The van der Waals surface area contributed by atoms with Crippen LogP contribution in [0, 0.1) is 37.0 Å². The fourth-order valence-corrected chi connectivity index (χ4v) is 2.20. The summed E-state index contributed by atoms with van der Waals surface area (Å²) in [5.74, 6) is 6.34. The van der Waals surface area contributed by atoms with Crippen LogP contribution in [0.2, 0.25) is 0 Å². The molecule has 0 aromatic rings. The molecule has 0 spiro atoms. The van der Waals surface area contributed by atoms with E-state index in [1.165, 1.54) is 0 Å². The third-order valence-corrected chi connectivity index (χ3v) is 3.52. The fraction of sp³-hybridized carbons (Fsp3) is 0.455. The Morgan fingerprint density at radius 2 is 1.40 bits per heavy atom. The highest BCUT2D eigenvalue weighted by Crippen LogP contribution is 2.49. The number of hydrogen-bond donors (Lipinski definition) is 0. The topological polar surface area (TPSA) is 80.3 Å². The molecule has 0 amide bonds. The van der Waals surface area contributed by atoms with E-state index in [0.29, 0.717) is 0 Å². The summed E-state index contributed by atoms with van der Waals surface area (Å²) in [6, 6.07) is 0. The molecule has 0 N–H and O–H groups in total. The third-order valence-electron chi connectivity index (χ3n) is 1.39. The van der Waals surface area contributed by atoms with E-state index in [9.17, 15) is 9.13 Å². The molecule has 0 radical (unpaired) electrons. The first-order valence-electron chi connectivity index (χ1n) is 5.15. The first-order valence-corrected chi connectivity index (χ1v) is 7.70. The Balaban J connectivity index is 4.06. The zero-order valence-corrected chi connectivity index (χ0v) is 12.3. The van der Waals surface area contributed by atoms with Crippen molar-refractivity contribution in [3.05, 3.63) is 0 Å². The summed E-state index contributed by atoms with van der Waals surface area (Å²) in [6.45, 7) is -1.11. The number of rotatable bonds is 11. The highest BCUT2D eigenvalue weighted by molar-refractivity contribution is 7.48. The minimum absolute atomic E-state index is 0.148. The van der Waals surface area contributed by atoms with E-state index < -0.39 is 16.1 Å². The molecule has 20 heavy (non-hydrogen) atoms. The summed E-state index contributed by atoms with van der Waals surface area (Å²) < 4.78 is 46.6. The molecule has 0 bridgehead atoms. The van der Waals surface area contributed by atoms with Gasteiger partial charge in [-0.05, 0) is 0 Å². The lowest BCUT2D eigenvalue weighted by Crippen LogP contribution is -2.05. The zero-order chi connectivity index (χ0) is 15.3. The van der Waals surface area contributed by atoms with Gasteiger partial charge in [-0.2, -0.15) is 0 Å². The Hall–Kier alpha value is -1.19. The minimum Gasteiger partial charge on any atom is -0.284 e. The van der Waals surface area contributed by atoms with Gasteiger partial charge in [-0.3, -0.25) is 13.6 Å². The van der Waals surface area contributed by atoms with Gasteiger partial charge in [0, 0.05) is 4.57 Å². The van der Waals surface area contributed by atoms with Crippen molar-refractivity contribution in [2.75, 3.05) is 33.0 Å². The van der Waals surface area contributed by atoms with Gasteiger partial charge in [0.05, 0.1) is 6.61 Å². The molecular formula is C11H13O7P2+. The smallest absolute Gasteiger partial charge is 0.284 e. The van der Waals surface area contributed by atoms with E-state index in [1.807, 2.05) is 0 Å². The second-order valence-electron chi connectivity index (χ2n) is 2.77. The van der Waals surface area contributed by atoms with Crippen LogP contribution in [0.25, 0.3) is 0 Å². The first-order chi connectivity index (χ1) is 9.58. The molecule has 0 fully saturated rings. The Morgan fingerprint density at radius 1 is 0.850 bits per heavy atom. The summed E-state index contributed by atoms with van der Waals surface area (Å²) in [7, 11) is -6.23. The lowest BCUT2D eigenvalue weighted by atomic mass is 10.8. The molecule has 0 saturated carbocycles. The lowest BCUT2D eigenvalue weighted by molar-refractivity contribution is 0.113. The molecule has 0 aromatic carbocycles. The Labute approximate surface area is 118 Å². The van der Waals surface area contributed by atoms with Crippen molar-refractivity contribution in [1.29, 1.82) is 0 Å². The molecule has 108 valence electrons. The van der Waals surface area contributed by atoms with Gasteiger partial charge in [-0.15, -0.1) is 28.3 Å². The fourth-order valence-electron chi connectivity index (χ4n) is 0.733. The summed E-state index contributed by atoms with van der Waals surface area (Å²) in [4.78, 5) is 0. The Kier molecular flexibility index (Phi) is 10.9. The van der Waals surface area contributed by atoms with Crippen LogP contribution in [0.15, 0.2) is 0 Å². The van der Waals surface area contributed by atoms with Crippen LogP contribution in [-0.2, 0) is 31.7 Å². The Morgan fingerprint density at radius 3 is 1.90 bits per heavy atom. The highest BCUT2D eigenvalue weighted by atomic mass is 31.2. The van der Waals surface area contributed by atoms with E-state index in [2.05, 4.69) is 22.3 Å². The summed E-state index contributed by atoms with van der Waals surface area (Å²) in [5.41, 5.74) is 0. The van der Waals surface area contributed by atoms with E-state index in [4.69, 9.17) is 37.4 Å². The second-order valence-corrected chi connectivity index (χ2v) is 5.40. The molecule has 1 unspecified atom stereocenters. The van der Waals surface area contributed by atoms with Gasteiger partial charge in [0.2, 0.25) is 0 Å². The lowest BCUT2D eigenvalue weighted by Gasteiger charge is -2.14. The molecule has 0 saturated heterocycles. The standard InChI is InChI=1S/C11H13O7P2/c1-4-7-14-19(12)15-10-11-18-20(13,16-8-5-2)17-9-6-3/h1-3H,7-11H2/q+1. The van der Waals surface area contributed by atoms with Crippen molar-refractivity contribution in [3.63, 3.8) is 0 Å². The molecule has 9 heteroatoms. The van der Waals surface area contributed by atoms with Gasteiger partial charge in [0.1, 0.15) is 19.8 Å². The third kappa shape index (κ3) is 9.70.